The summed E-state index contributed by atoms with van der Waals surface area (Å²) in [5.41, 5.74) is 4.37. The zero-order valence-electron chi connectivity index (χ0n) is 20.0. The molecule has 0 spiro atoms. The van der Waals surface area contributed by atoms with Gasteiger partial charge in [0.05, 0.1) is 6.17 Å². The number of likely N-dealkylation sites (N-methyl/N-ethyl adjacent to an activating group) is 1. The third-order valence-electron chi connectivity index (χ3n) is 7.52. The quantitative estimate of drug-likeness (QED) is 0.565. The minimum Gasteiger partial charge on any atom is -0.454 e. The van der Waals surface area contributed by atoms with Crippen molar-refractivity contribution in [3.05, 3.63) is 77.9 Å². The van der Waals surface area contributed by atoms with Crippen molar-refractivity contribution in [1.82, 2.24) is 4.90 Å². The monoisotopic (exact) mass is 471 g/mol. The van der Waals surface area contributed by atoms with Gasteiger partial charge in [0.15, 0.2) is 11.5 Å². The Hall–Kier alpha value is -3.71. The van der Waals surface area contributed by atoms with Crippen molar-refractivity contribution in [2.45, 2.75) is 31.3 Å². The molecule has 1 saturated heterocycles. The standard InChI is InChI=1S/C28H29N3O4/c1-28-13-15-31(14-12-19-6-4-3-5-7-19)26(28)30(2)23-10-9-21(17-22(23)28)35-27(32)29-20-8-11-24-25(16-20)34-18-33-24/h3-11,16-17,26H,12-15,18H2,1-2H3,(H,29,32)/t26?,28-/m0/s1. The smallest absolute Gasteiger partial charge is 0.417 e. The molecule has 0 aromatic heterocycles. The van der Waals surface area contributed by atoms with Crippen molar-refractivity contribution in [2.24, 2.45) is 0 Å². The highest BCUT2D eigenvalue weighted by atomic mass is 16.7. The molecule has 0 aliphatic carbocycles. The van der Waals surface area contributed by atoms with E-state index < -0.39 is 6.09 Å². The zero-order chi connectivity index (χ0) is 24.0. The highest BCUT2D eigenvalue weighted by molar-refractivity contribution is 5.87. The molecule has 180 valence electrons. The van der Waals surface area contributed by atoms with Crippen LogP contribution in [0.5, 0.6) is 17.2 Å². The van der Waals surface area contributed by atoms with E-state index in [0.29, 0.717) is 29.1 Å². The number of hydrogen-bond acceptors (Lipinski definition) is 6. The van der Waals surface area contributed by atoms with E-state index in [4.69, 9.17) is 14.2 Å². The number of likely N-dealkylation sites (tertiary alicyclic amines) is 1. The van der Waals surface area contributed by atoms with Crippen LogP contribution < -0.4 is 24.4 Å². The Morgan fingerprint density at radius 1 is 1.09 bits per heavy atom. The molecule has 7 heteroatoms. The van der Waals surface area contributed by atoms with Crippen molar-refractivity contribution in [3.8, 4) is 17.2 Å². The van der Waals surface area contributed by atoms with Crippen LogP contribution in [0.3, 0.4) is 0 Å². The molecule has 35 heavy (non-hydrogen) atoms. The molecule has 3 aromatic carbocycles. The van der Waals surface area contributed by atoms with E-state index in [9.17, 15) is 4.79 Å². The van der Waals surface area contributed by atoms with Gasteiger partial charge in [-0.2, -0.15) is 0 Å². The normalized spacial score (nSPS) is 22.1. The van der Waals surface area contributed by atoms with E-state index in [2.05, 4.69) is 65.5 Å². The van der Waals surface area contributed by atoms with Crippen molar-refractivity contribution in [1.29, 1.82) is 0 Å². The van der Waals surface area contributed by atoms with Crippen LogP contribution >= 0.6 is 0 Å². The van der Waals surface area contributed by atoms with Crippen molar-refractivity contribution < 1.29 is 19.0 Å². The highest BCUT2D eigenvalue weighted by Gasteiger charge is 2.53. The molecular weight excluding hydrogens is 442 g/mol. The van der Waals surface area contributed by atoms with Gasteiger partial charge in [0.1, 0.15) is 5.75 Å². The van der Waals surface area contributed by atoms with Crippen molar-refractivity contribution >= 4 is 17.5 Å². The number of nitrogens with zero attached hydrogens (tertiary/aromatic N) is 2. The molecule has 1 N–H and O–H groups in total. The Balaban J connectivity index is 1.16. The van der Waals surface area contributed by atoms with Crippen LogP contribution in [0, 0.1) is 0 Å². The Labute approximate surface area is 205 Å². The minimum absolute atomic E-state index is 0.0199. The molecule has 3 aliphatic heterocycles. The van der Waals surface area contributed by atoms with Gasteiger partial charge in [-0.3, -0.25) is 10.2 Å². The van der Waals surface area contributed by atoms with Gasteiger partial charge >= 0.3 is 6.09 Å². The molecule has 1 amide bonds. The number of amides is 1. The molecule has 0 bridgehead atoms. The summed E-state index contributed by atoms with van der Waals surface area (Å²) in [6, 6.07) is 21.9. The SMILES string of the molecule is CN1c2ccc(OC(=O)Nc3ccc4c(c3)OCO4)cc2[C@]2(C)CCN(CCc3ccccc3)C12. The van der Waals surface area contributed by atoms with E-state index >= 15 is 0 Å². The fourth-order valence-electron chi connectivity index (χ4n) is 5.83. The number of carbonyl (C=O) groups excluding carboxylic acids is 1. The summed E-state index contributed by atoms with van der Waals surface area (Å²) in [6.07, 6.45) is 1.86. The summed E-state index contributed by atoms with van der Waals surface area (Å²) in [7, 11) is 2.17. The lowest BCUT2D eigenvalue weighted by molar-refractivity contribution is 0.174. The number of benzene rings is 3. The van der Waals surface area contributed by atoms with Gasteiger partial charge < -0.3 is 19.1 Å². The van der Waals surface area contributed by atoms with E-state index in [1.165, 1.54) is 16.8 Å². The van der Waals surface area contributed by atoms with Gasteiger partial charge in [-0.25, -0.2) is 4.79 Å². The van der Waals surface area contributed by atoms with E-state index in [1.54, 1.807) is 18.2 Å². The number of ether oxygens (including phenoxy) is 3. The lowest BCUT2D eigenvalue weighted by atomic mass is 9.81. The van der Waals surface area contributed by atoms with Crippen LogP contribution in [0.15, 0.2) is 66.7 Å². The first-order valence-electron chi connectivity index (χ1n) is 12.1. The average Bonchev–Trinajstić information content (AvgIpc) is 3.52. The Kier molecular flexibility index (Phi) is 5.29. The van der Waals surface area contributed by atoms with Crippen LogP contribution in [0.25, 0.3) is 0 Å². The van der Waals surface area contributed by atoms with Crippen molar-refractivity contribution in [3.63, 3.8) is 0 Å². The van der Waals surface area contributed by atoms with Crippen LogP contribution in [-0.4, -0.2) is 44.1 Å². The fraction of sp³-hybridized carbons (Fsp3) is 0.321. The number of nitrogens with one attached hydrogen (secondary N) is 1. The average molecular weight is 472 g/mol. The second-order valence-electron chi connectivity index (χ2n) is 9.69. The van der Waals surface area contributed by atoms with Crippen LogP contribution in [0.2, 0.25) is 0 Å². The van der Waals surface area contributed by atoms with Gasteiger partial charge in [-0.05, 0) is 54.3 Å². The maximum atomic E-state index is 12.6. The number of fused-ring (bicyclic) bond motifs is 4. The largest absolute Gasteiger partial charge is 0.454 e. The first-order chi connectivity index (χ1) is 17.0. The predicted molar refractivity (Wildman–Crippen MR) is 135 cm³/mol. The van der Waals surface area contributed by atoms with E-state index in [-0.39, 0.29) is 12.2 Å². The molecule has 6 rings (SSSR count). The van der Waals surface area contributed by atoms with Gasteiger partial charge in [0.25, 0.3) is 0 Å². The molecular formula is C28H29N3O4. The van der Waals surface area contributed by atoms with Crippen LogP contribution in [-0.2, 0) is 11.8 Å². The van der Waals surface area contributed by atoms with Crippen LogP contribution in [0.1, 0.15) is 24.5 Å². The molecule has 2 atom stereocenters. The third-order valence-corrected chi connectivity index (χ3v) is 7.52. The summed E-state index contributed by atoms with van der Waals surface area (Å²) in [5.74, 6) is 1.82. The topological polar surface area (TPSA) is 63.3 Å². The molecule has 1 unspecified atom stereocenters. The Morgan fingerprint density at radius 2 is 1.91 bits per heavy atom. The van der Waals surface area contributed by atoms with Gasteiger partial charge in [0, 0.05) is 43.0 Å². The number of rotatable bonds is 5. The molecule has 0 radical (unpaired) electrons. The molecule has 7 nitrogen and oxygen atoms in total. The number of hydrogen-bond donors (Lipinski definition) is 1. The minimum atomic E-state index is -0.534. The summed E-state index contributed by atoms with van der Waals surface area (Å²) in [6.45, 7) is 4.59. The van der Waals surface area contributed by atoms with Gasteiger partial charge in [0.2, 0.25) is 6.79 Å². The summed E-state index contributed by atoms with van der Waals surface area (Å²) >= 11 is 0. The molecule has 0 saturated carbocycles. The summed E-state index contributed by atoms with van der Waals surface area (Å²) in [4.78, 5) is 17.6. The molecule has 3 heterocycles. The summed E-state index contributed by atoms with van der Waals surface area (Å²) in [5, 5.41) is 2.78. The number of carbonyl (C=O) groups is 1. The molecule has 3 aliphatic rings. The van der Waals surface area contributed by atoms with Crippen molar-refractivity contribution in [2.75, 3.05) is 37.1 Å². The van der Waals surface area contributed by atoms with Crippen LogP contribution in [0.4, 0.5) is 16.2 Å². The Bertz CT molecular complexity index is 1260. The maximum Gasteiger partial charge on any atom is 0.417 e. The molecule has 1 fully saturated rings. The maximum absolute atomic E-state index is 12.6. The zero-order valence-corrected chi connectivity index (χ0v) is 20.0. The second-order valence-corrected chi connectivity index (χ2v) is 9.69. The first kappa shape index (κ1) is 21.8. The fourth-order valence-corrected chi connectivity index (χ4v) is 5.83. The lowest BCUT2D eigenvalue weighted by Crippen LogP contribution is -2.47. The second kappa shape index (κ2) is 8.50. The van der Waals surface area contributed by atoms with Gasteiger partial charge in [-0.1, -0.05) is 37.3 Å². The number of anilines is 2. The first-order valence-corrected chi connectivity index (χ1v) is 12.1. The molecule has 3 aromatic rings. The highest BCUT2D eigenvalue weighted by Crippen LogP contribution is 2.52. The summed E-state index contributed by atoms with van der Waals surface area (Å²) < 4.78 is 16.4. The third kappa shape index (κ3) is 3.86. The lowest BCUT2D eigenvalue weighted by Gasteiger charge is -2.34. The van der Waals surface area contributed by atoms with E-state index in [0.717, 1.165) is 25.9 Å². The Morgan fingerprint density at radius 3 is 2.77 bits per heavy atom. The van der Waals surface area contributed by atoms with E-state index in [1.807, 2.05) is 12.1 Å². The van der Waals surface area contributed by atoms with Gasteiger partial charge in [-0.15, -0.1) is 0 Å². The predicted octanol–water partition coefficient (Wildman–Crippen LogP) is 5.01.